The molecular weight excluding hydrogens is 369 g/mol. The van der Waals surface area contributed by atoms with Crippen molar-refractivity contribution in [1.29, 1.82) is 0 Å². The third kappa shape index (κ3) is 4.37. The van der Waals surface area contributed by atoms with Crippen molar-refractivity contribution in [3.63, 3.8) is 0 Å². The zero-order valence-electron chi connectivity index (χ0n) is 14.9. The van der Waals surface area contributed by atoms with E-state index in [4.69, 9.17) is 5.14 Å². The predicted octanol–water partition coefficient (Wildman–Crippen LogP) is 3.14. The predicted molar refractivity (Wildman–Crippen MR) is 91.2 cm³/mol. The monoisotopic (exact) mass is 392 g/mol. The van der Waals surface area contributed by atoms with Crippen molar-refractivity contribution in [3.05, 3.63) is 28.8 Å². The second-order valence-corrected chi connectivity index (χ2v) is 8.45. The number of hydrogen-bond acceptors (Lipinski definition) is 3. The number of primary sulfonamides is 1. The third-order valence-electron chi connectivity index (χ3n) is 5.20. The number of halogens is 3. The molecule has 2 N–H and O–H groups in total. The van der Waals surface area contributed by atoms with Gasteiger partial charge in [-0.15, -0.1) is 0 Å². The van der Waals surface area contributed by atoms with E-state index in [0.717, 1.165) is 0 Å². The van der Waals surface area contributed by atoms with Crippen LogP contribution in [0.5, 0.6) is 0 Å². The van der Waals surface area contributed by atoms with Crippen molar-refractivity contribution in [2.45, 2.75) is 56.6 Å². The van der Waals surface area contributed by atoms with Crippen LogP contribution in [-0.4, -0.2) is 38.5 Å². The minimum Gasteiger partial charge on any atom is -0.339 e. The standard InChI is InChI=1S/C17H23F3N2O3S/c1-10-8-12(9-15(11(10)2)26(21,24)25)16(23)22(3)14-6-4-13(5-7-14)17(18,19)20/h8-9,13-14H,4-7H2,1-3H3,(H2,21,24,25). The lowest BCUT2D eigenvalue weighted by atomic mass is 9.85. The van der Waals surface area contributed by atoms with Crippen molar-refractivity contribution in [1.82, 2.24) is 4.90 Å². The Morgan fingerprint density at radius 1 is 1.15 bits per heavy atom. The molecule has 0 bridgehead atoms. The molecule has 1 saturated carbocycles. The zero-order chi connectivity index (χ0) is 19.9. The van der Waals surface area contributed by atoms with E-state index in [0.29, 0.717) is 11.1 Å². The van der Waals surface area contributed by atoms with E-state index in [1.54, 1.807) is 19.9 Å². The highest BCUT2D eigenvalue weighted by Crippen LogP contribution is 2.38. The van der Waals surface area contributed by atoms with Gasteiger partial charge in [0, 0.05) is 18.7 Å². The van der Waals surface area contributed by atoms with Crippen LogP contribution in [0.2, 0.25) is 0 Å². The van der Waals surface area contributed by atoms with Crippen LogP contribution in [0.3, 0.4) is 0 Å². The van der Waals surface area contributed by atoms with Gasteiger partial charge < -0.3 is 4.90 Å². The van der Waals surface area contributed by atoms with Gasteiger partial charge in [0.15, 0.2) is 0 Å². The molecule has 0 saturated heterocycles. The summed E-state index contributed by atoms with van der Waals surface area (Å²) in [5.74, 6) is -1.74. The summed E-state index contributed by atoms with van der Waals surface area (Å²) in [6, 6.07) is 2.50. The Morgan fingerprint density at radius 3 is 2.15 bits per heavy atom. The first-order chi connectivity index (χ1) is 11.8. The van der Waals surface area contributed by atoms with Crippen LogP contribution in [0.4, 0.5) is 13.2 Å². The molecule has 26 heavy (non-hydrogen) atoms. The van der Waals surface area contributed by atoms with Crippen LogP contribution in [0.15, 0.2) is 17.0 Å². The fourth-order valence-electron chi connectivity index (χ4n) is 3.41. The molecule has 1 aromatic rings. The second kappa shape index (κ2) is 7.19. The van der Waals surface area contributed by atoms with E-state index in [-0.39, 0.29) is 42.2 Å². The van der Waals surface area contributed by atoms with Crippen molar-refractivity contribution < 1.29 is 26.4 Å². The summed E-state index contributed by atoms with van der Waals surface area (Å²) in [6.07, 6.45) is -3.70. The summed E-state index contributed by atoms with van der Waals surface area (Å²) < 4.78 is 61.8. The lowest BCUT2D eigenvalue weighted by molar-refractivity contribution is -0.183. The summed E-state index contributed by atoms with van der Waals surface area (Å²) in [6.45, 7) is 3.28. The average molecular weight is 392 g/mol. The number of nitrogens with two attached hydrogens (primary N) is 1. The van der Waals surface area contributed by atoms with Gasteiger partial charge in [0.25, 0.3) is 5.91 Å². The number of amides is 1. The fourth-order valence-corrected chi connectivity index (χ4v) is 4.28. The van der Waals surface area contributed by atoms with E-state index in [1.165, 1.54) is 18.0 Å². The summed E-state index contributed by atoms with van der Waals surface area (Å²) in [5, 5.41) is 5.21. The Morgan fingerprint density at radius 2 is 1.69 bits per heavy atom. The maximum atomic E-state index is 12.8. The lowest BCUT2D eigenvalue weighted by Gasteiger charge is -2.35. The Hall–Kier alpha value is -1.61. The molecule has 9 heteroatoms. The molecule has 0 aliphatic heterocycles. The zero-order valence-corrected chi connectivity index (χ0v) is 15.7. The second-order valence-electron chi connectivity index (χ2n) is 6.92. The summed E-state index contributed by atoms with van der Waals surface area (Å²) in [7, 11) is -2.45. The SMILES string of the molecule is Cc1cc(C(=O)N(C)C2CCC(C(F)(F)F)CC2)cc(S(N)(=O)=O)c1C. The van der Waals surface area contributed by atoms with Crippen LogP contribution in [0.1, 0.15) is 47.2 Å². The van der Waals surface area contributed by atoms with Gasteiger partial charge in [-0.1, -0.05) is 0 Å². The topological polar surface area (TPSA) is 80.5 Å². The molecule has 0 atom stereocenters. The molecule has 5 nitrogen and oxygen atoms in total. The molecule has 0 spiro atoms. The van der Waals surface area contributed by atoms with Gasteiger partial charge in [-0.2, -0.15) is 13.2 Å². The van der Waals surface area contributed by atoms with Crippen molar-refractivity contribution in [2.75, 3.05) is 7.05 Å². The molecule has 1 fully saturated rings. The molecule has 0 aromatic heterocycles. The number of hydrogen-bond donors (Lipinski definition) is 1. The summed E-state index contributed by atoms with van der Waals surface area (Å²) in [4.78, 5) is 14.0. The van der Waals surface area contributed by atoms with E-state index in [2.05, 4.69) is 0 Å². The first-order valence-corrected chi connectivity index (χ1v) is 9.85. The van der Waals surface area contributed by atoms with E-state index < -0.39 is 28.0 Å². The summed E-state index contributed by atoms with van der Waals surface area (Å²) in [5.41, 5.74) is 1.24. The lowest BCUT2D eigenvalue weighted by Crippen LogP contribution is -2.41. The largest absolute Gasteiger partial charge is 0.391 e. The molecular formula is C17H23F3N2O3S. The number of sulfonamides is 1. The van der Waals surface area contributed by atoms with Crippen molar-refractivity contribution in [3.8, 4) is 0 Å². The molecule has 146 valence electrons. The number of carbonyl (C=O) groups excluding carboxylic acids is 1. The van der Waals surface area contributed by atoms with Gasteiger partial charge >= 0.3 is 6.18 Å². The number of carbonyl (C=O) groups is 1. The fraction of sp³-hybridized carbons (Fsp3) is 0.588. The molecule has 1 aliphatic rings. The minimum atomic E-state index is -4.20. The number of benzene rings is 1. The Balaban J connectivity index is 2.21. The van der Waals surface area contributed by atoms with Crippen molar-refractivity contribution in [2.24, 2.45) is 11.1 Å². The van der Waals surface area contributed by atoms with Crippen LogP contribution in [0.25, 0.3) is 0 Å². The highest BCUT2D eigenvalue weighted by atomic mass is 32.2. The first kappa shape index (κ1) is 20.7. The first-order valence-electron chi connectivity index (χ1n) is 8.30. The highest BCUT2D eigenvalue weighted by molar-refractivity contribution is 7.89. The normalized spacial score (nSPS) is 21.5. The average Bonchev–Trinajstić information content (AvgIpc) is 2.54. The molecule has 0 unspecified atom stereocenters. The third-order valence-corrected chi connectivity index (χ3v) is 6.24. The molecule has 0 heterocycles. The van der Waals surface area contributed by atoms with Gasteiger partial charge in [0.05, 0.1) is 10.8 Å². The Bertz CT molecular complexity index is 798. The number of rotatable bonds is 3. The van der Waals surface area contributed by atoms with Crippen LogP contribution < -0.4 is 5.14 Å². The van der Waals surface area contributed by atoms with E-state index >= 15 is 0 Å². The Kier molecular flexibility index (Phi) is 5.72. The molecule has 1 aromatic carbocycles. The molecule has 0 radical (unpaired) electrons. The maximum Gasteiger partial charge on any atom is 0.391 e. The van der Waals surface area contributed by atoms with Gasteiger partial charge in [-0.05, 0) is 62.8 Å². The van der Waals surface area contributed by atoms with Crippen LogP contribution in [0, 0.1) is 19.8 Å². The molecule has 1 aliphatic carbocycles. The molecule has 1 amide bonds. The van der Waals surface area contributed by atoms with Crippen molar-refractivity contribution >= 4 is 15.9 Å². The summed E-state index contributed by atoms with van der Waals surface area (Å²) >= 11 is 0. The quantitative estimate of drug-likeness (QED) is 0.858. The van der Waals surface area contributed by atoms with Gasteiger partial charge in [0.2, 0.25) is 10.0 Å². The van der Waals surface area contributed by atoms with Gasteiger partial charge in [-0.25, -0.2) is 13.6 Å². The van der Waals surface area contributed by atoms with Crippen LogP contribution >= 0.6 is 0 Å². The van der Waals surface area contributed by atoms with E-state index in [1.807, 2.05) is 0 Å². The van der Waals surface area contributed by atoms with Crippen LogP contribution in [-0.2, 0) is 10.0 Å². The Labute approximate surface area is 151 Å². The minimum absolute atomic E-state index is 0.0128. The number of nitrogens with zero attached hydrogens (tertiary/aromatic N) is 1. The molecule has 2 rings (SSSR count). The maximum absolute atomic E-state index is 12.8. The van der Waals surface area contributed by atoms with E-state index in [9.17, 15) is 26.4 Å². The smallest absolute Gasteiger partial charge is 0.339 e. The number of alkyl halides is 3. The van der Waals surface area contributed by atoms with Gasteiger partial charge in [-0.3, -0.25) is 4.79 Å². The highest BCUT2D eigenvalue weighted by Gasteiger charge is 2.42. The van der Waals surface area contributed by atoms with Gasteiger partial charge in [0.1, 0.15) is 0 Å². The number of aryl methyl sites for hydroxylation is 1.